The number of carbonyl (C=O) groups excluding carboxylic acids is 2. The van der Waals surface area contributed by atoms with Crippen LogP contribution >= 0.6 is 0 Å². The molecule has 1 rings (SSSR count). The molecule has 0 radical (unpaired) electrons. The molecule has 1 fully saturated rings. The molecule has 1 aliphatic rings. The summed E-state index contributed by atoms with van der Waals surface area (Å²) in [6.45, 7) is 3.49. The lowest BCUT2D eigenvalue weighted by molar-refractivity contribution is -0.305. The lowest BCUT2D eigenvalue weighted by Crippen LogP contribution is -2.59. The number of hydrogen-bond donors (Lipinski definition) is 4. The molecular weight excluding hydrogens is 857 g/mol. The minimum Gasteiger partial charge on any atom is -0.462 e. The molecule has 0 spiro atoms. The third-order valence-corrected chi connectivity index (χ3v) is 13.9. The standard InChI is InChI=1S/C58H110O10/c1-3-5-7-9-11-13-15-17-19-21-23-25-26-27-29-31-33-35-37-39-41-43-45-47-54(61)67-51(50-66-58-57(64)56(63)55(62)52(48-59)68-58)49-65-53(60)46-44-42-40-38-36-34-32-30-28-24-22-20-18-16-14-12-10-8-6-4-2/h21,23,51-52,55-59,62-64H,3-20,22,24-50H2,1-2H3/b23-21-. The third kappa shape index (κ3) is 39.1. The number of aliphatic hydroxyl groups is 4. The summed E-state index contributed by atoms with van der Waals surface area (Å²) in [6.07, 6.45) is 49.4. The highest BCUT2D eigenvalue weighted by Gasteiger charge is 2.44. The zero-order valence-corrected chi connectivity index (χ0v) is 44.4. The predicted molar refractivity (Wildman–Crippen MR) is 280 cm³/mol. The maximum atomic E-state index is 12.9. The van der Waals surface area contributed by atoms with Crippen molar-refractivity contribution >= 4 is 11.9 Å². The smallest absolute Gasteiger partial charge is 0.306 e. The number of carbonyl (C=O) groups is 2. The van der Waals surface area contributed by atoms with Gasteiger partial charge in [-0.2, -0.15) is 0 Å². The number of hydrogen-bond acceptors (Lipinski definition) is 10. The van der Waals surface area contributed by atoms with Gasteiger partial charge in [-0.1, -0.05) is 251 Å². The summed E-state index contributed by atoms with van der Waals surface area (Å²) in [4.78, 5) is 25.6. The molecule has 0 aromatic rings. The highest BCUT2D eigenvalue weighted by atomic mass is 16.7. The van der Waals surface area contributed by atoms with Gasteiger partial charge in [0.2, 0.25) is 0 Å². The van der Waals surface area contributed by atoms with Gasteiger partial charge in [0.1, 0.15) is 31.0 Å². The number of aliphatic hydroxyl groups excluding tert-OH is 4. The second-order valence-electron chi connectivity index (χ2n) is 20.5. The Kier molecular flexibility index (Phi) is 46.5. The lowest BCUT2D eigenvalue weighted by Gasteiger charge is -2.39. The van der Waals surface area contributed by atoms with Crippen molar-refractivity contribution in [3.63, 3.8) is 0 Å². The number of rotatable bonds is 51. The van der Waals surface area contributed by atoms with Gasteiger partial charge in [-0.25, -0.2) is 0 Å². The van der Waals surface area contributed by atoms with Crippen molar-refractivity contribution in [1.82, 2.24) is 0 Å². The van der Waals surface area contributed by atoms with E-state index in [0.29, 0.717) is 6.42 Å². The van der Waals surface area contributed by atoms with Crippen molar-refractivity contribution in [3.8, 4) is 0 Å². The topological polar surface area (TPSA) is 152 Å². The summed E-state index contributed by atoms with van der Waals surface area (Å²) in [5.41, 5.74) is 0. The van der Waals surface area contributed by atoms with Gasteiger partial charge in [-0.05, 0) is 38.5 Å². The molecule has 402 valence electrons. The highest BCUT2D eigenvalue weighted by Crippen LogP contribution is 2.23. The zero-order valence-electron chi connectivity index (χ0n) is 44.4. The van der Waals surface area contributed by atoms with Crippen LogP contribution < -0.4 is 0 Å². The van der Waals surface area contributed by atoms with Gasteiger partial charge in [0.15, 0.2) is 12.4 Å². The molecule has 6 atom stereocenters. The fraction of sp³-hybridized carbons (Fsp3) is 0.931. The van der Waals surface area contributed by atoms with Gasteiger partial charge < -0.3 is 39.4 Å². The molecule has 1 saturated heterocycles. The van der Waals surface area contributed by atoms with Crippen LogP contribution in [-0.4, -0.2) is 89.0 Å². The minimum absolute atomic E-state index is 0.211. The maximum absolute atomic E-state index is 12.9. The molecular formula is C58H110O10. The summed E-state index contributed by atoms with van der Waals surface area (Å²) >= 11 is 0. The second-order valence-corrected chi connectivity index (χ2v) is 20.5. The van der Waals surface area contributed by atoms with Crippen LogP contribution in [0.4, 0.5) is 0 Å². The Morgan fingerprint density at radius 1 is 0.441 bits per heavy atom. The fourth-order valence-corrected chi connectivity index (χ4v) is 9.31. The molecule has 4 N–H and O–H groups in total. The lowest BCUT2D eigenvalue weighted by atomic mass is 9.99. The molecule has 68 heavy (non-hydrogen) atoms. The molecule has 0 aromatic heterocycles. The molecule has 0 bridgehead atoms. The van der Waals surface area contributed by atoms with Crippen LogP contribution in [-0.2, 0) is 28.5 Å². The van der Waals surface area contributed by atoms with Crippen LogP contribution in [0.3, 0.4) is 0 Å². The van der Waals surface area contributed by atoms with Crippen molar-refractivity contribution in [2.75, 3.05) is 19.8 Å². The van der Waals surface area contributed by atoms with E-state index >= 15 is 0 Å². The van der Waals surface area contributed by atoms with Gasteiger partial charge in [0, 0.05) is 12.8 Å². The average Bonchev–Trinajstić information content (AvgIpc) is 3.34. The monoisotopic (exact) mass is 967 g/mol. The Balaban J connectivity index is 2.18. The number of allylic oxidation sites excluding steroid dienone is 2. The van der Waals surface area contributed by atoms with E-state index in [9.17, 15) is 30.0 Å². The van der Waals surface area contributed by atoms with Gasteiger partial charge in [0.25, 0.3) is 0 Å². The van der Waals surface area contributed by atoms with Crippen LogP contribution in [0.15, 0.2) is 12.2 Å². The van der Waals surface area contributed by atoms with E-state index < -0.39 is 49.4 Å². The Morgan fingerprint density at radius 3 is 1.15 bits per heavy atom. The van der Waals surface area contributed by atoms with Crippen LogP contribution in [0, 0.1) is 0 Å². The summed E-state index contributed by atoms with van der Waals surface area (Å²) in [7, 11) is 0. The van der Waals surface area contributed by atoms with Crippen LogP contribution in [0.1, 0.15) is 290 Å². The molecule has 0 amide bonds. The molecule has 10 nitrogen and oxygen atoms in total. The van der Waals surface area contributed by atoms with Crippen molar-refractivity contribution < 1.29 is 49.0 Å². The first-order valence-corrected chi connectivity index (χ1v) is 29.3. The molecule has 1 aliphatic heterocycles. The molecule has 6 unspecified atom stereocenters. The first kappa shape index (κ1) is 64.5. The van der Waals surface area contributed by atoms with Gasteiger partial charge in [0.05, 0.1) is 13.2 Å². The van der Waals surface area contributed by atoms with E-state index in [1.54, 1.807) is 0 Å². The Labute approximate surface area is 418 Å². The fourth-order valence-electron chi connectivity index (χ4n) is 9.31. The molecule has 0 saturated carbocycles. The first-order chi connectivity index (χ1) is 33.3. The Bertz CT molecular complexity index is 1120. The summed E-state index contributed by atoms with van der Waals surface area (Å²) < 4.78 is 22.3. The summed E-state index contributed by atoms with van der Waals surface area (Å²) in [5.74, 6) is -0.787. The highest BCUT2D eigenvalue weighted by molar-refractivity contribution is 5.70. The minimum atomic E-state index is -1.59. The number of esters is 2. The van der Waals surface area contributed by atoms with Gasteiger partial charge in [-0.3, -0.25) is 9.59 Å². The normalized spacial score (nSPS) is 18.9. The van der Waals surface area contributed by atoms with E-state index in [1.807, 2.05) is 0 Å². The third-order valence-electron chi connectivity index (χ3n) is 13.9. The van der Waals surface area contributed by atoms with Crippen LogP contribution in [0.5, 0.6) is 0 Å². The average molecular weight is 968 g/mol. The SMILES string of the molecule is CCCCCCCCCC/C=C\CCCCCCCCCCCCCC(=O)OC(COC(=O)CCCCCCCCCCCCCCCCCCCCCC)COC1OC(CO)C(O)C(O)C1O. The second kappa shape index (κ2) is 49.0. The number of ether oxygens (including phenoxy) is 4. The van der Waals surface area contributed by atoms with Gasteiger partial charge >= 0.3 is 11.9 Å². The van der Waals surface area contributed by atoms with Crippen molar-refractivity contribution in [3.05, 3.63) is 12.2 Å². The van der Waals surface area contributed by atoms with E-state index in [4.69, 9.17) is 18.9 Å². The molecule has 1 heterocycles. The Hall–Kier alpha value is -1.56. The van der Waals surface area contributed by atoms with Crippen LogP contribution in [0.2, 0.25) is 0 Å². The summed E-state index contributed by atoms with van der Waals surface area (Å²) in [5, 5.41) is 40.3. The molecule has 0 aromatic carbocycles. The van der Waals surface area contributed by atoms with E-state index in [0.717, 1.165) is 38.5 Å². The van der Waals surface area contributed by atoms with Crippen molar-refractivity contribution in [2.24, 2.45) is 0 Å². The van der Waals surface area contributed by atoms with Crippen LogP contribution in [0.25, 0.3) is 0 Å². The zero-order chi connectivity index (χ0) is 49.4. The van der Waals surface area contributed by atoms with E-state index in [1.165, 1.54) is 218 Å². The number of unbranched alkanes of at least 4 members (excludes halogenated alkanes) is 38. The van der Waals surface area contributed by atoms with E-state index in [-0.39, 0.29) is 32.0 Å². The maximum Gasteiger partial charge on any atom is 0.306 e. The molecule has 0 aliphatic carbocycles. The van der Waals surface area contributed by atoms with E-state index in [2.05, 4.69) is 26.0 Å². The first-order valence-electron chi connectivity index (χ1n) is 29.3. The van der Waals surface area contributed by atoms with Crippen molar-refractivity contribution in [1.29, 1.82) is 0 Å². The van der Waals surface area contributed by atoms with Crippen molar-refractivity contribution in [2.45, 2.75) is 327 Å². The Morgan fingerprint density at radius 2 is 0.779 bits per heavy atom. The summed E-state index contributed by atoms with van der Waals surface area (Å²) in [6, 6.07) is 0. The predicted octanol–water partition coefficient (Wildman–Crippen LogP) is 14.6. The molecule has 10 heteroatoms. The largest absolute Gasteiger partial charge is 0.462 e. The quantitative estimate of drug-likeness (QED) is 0.0263. The van der Waals surface area contributed by atoms with Gasteiger partial charge in [-0.15, -0.1) is 0 Å².